The smallest absolute Gasteiger partial charge is 0.340 e. The third-order valence-corrected chi connectivity index (χ3v) is 13.8. The third kappa shape index (κ3) is 4.45. The molecule has 13 heteroatoms. The molecule has 4 N–H and O–H groups in total. The number of benzene rings is 1. The van der Waals surface area contributed by atoms with Crippen molar-refractivity contribution in [3.05, 3.63) is 29.8 Å². The highest BCUT2D eigenvalue weighted by Gasteiger charge is 2.91. The fraction of sp³-hybridized carbons (Fsp3) is 0.750. The quantitative estimate of drug-likeness (QED) is 0.236. The van der Waals surface area contributed by atoms with Gasteiger partial charge in [0.2, 0.25) is 5.91 Å². The second-order valence-corrected chi connectivity index (χ2v) is 15.2. The molecule has 1 aliphatic heterocycles. The number of esters is 1. The minimum Gasteiger partial charge on any atom is -0.481 e. The van der Waals surface area contributed by atoms with E-state index in [9.17, 15) is 24.6 Å². The third-order valence-electron chi connectivity index (χ3n) is 13.8. The van der Waals surface area contributed by atoms with Crippen LogP contribution >= 0.6 is 0 Å². The molecule has 1 spiro atoms. The second-order valence-electron chi connectivity index (χ2n) is 15.2. The van der Waals surface area contributed by atoms with E-state index in [-0.39, 0.29) is 79.1 Å². The Morgan fingerprint density at radius 1 is 1.02 bits per heavy atom. The lowest BCUT2D eigenvalue weighted by molar-refractivity contribution is -0.320. The van der Waals surface area contributed by atoms with Gasteiger partial charge in [0, 0.05) is 76.4 Å². The Kier molecular flexibility index (Phi) is 8.69. The van der Waals surface area contributed by atoms with E-state index in [1.54, 1.807) is 52.7 Å². The Bertz CT molecular complexity index is 1490. The molecule has 49 heavy (non-hydrogen) atoms. The number of rotatable bonds is 12. The number of carbonyl (C=O) groups excluding carboxylic acids is 2. The number of piperidine rings is 1. The average Bonchev–Trinajstić information content (AvgIpc) is 3.51. The van der Waals surface area contributed by atoms with Gasteiger partial charge < -0.3 is 44.3 Å². The van der Waals surface area contributed by atoms with Gasteiger partial charge >= 0.3 is 11.9 Å². The molecule has 1 aromatic carbocycles. The number of carboxylic acids is 1. The number of amides is 1. The molecule has 6 aliphatic rings. The molecule has 1 saturated heterocycles. The largest absolute Gasteiger partial charge is 0.481 e. The Hall–Kier alpha value is -2.65. The van der Waals surface area contributed by atoms with Crippen molar-refractivity contribution in [2.24, 2.45) is 34.5 Å². The van der Waals surface area contributed by atoms with Gasteiger partial charge in [-0.25, -0.2) is 4.79 Å². The summed E-state index contributed by atoms with van der Waals surface area (Å²) in [6, 6.07) is 6.04. The highest BCUT2D eigenvalue weighted by atomic mass is 16.5. The van der Waals surface area contributed by atoms with E-state index in [2.05, 4.69) is 17.1 Å². The summed E-state index contributed by atoms with van der Waals surface area (Å²) in [7, 11) is 6.66. The lowest BCUT2D eigenvalue weighted by Gasteiger charge is -2.70. The molecule has 0 radical (unpaired) electrons. The van der Waals surface area contributed by atoms with Crippen LogP contribution in [0.15, 0.2) is 24.3 Å². The second kappa shape index (κ2) is 12.2. The monoisotopic (exact) mass is 686 g/mol. The normalized spacial score (nSPS) is 44.4. The van der Waals surface area contributed by atoms with E-state index in [1.165, 1.54) is 0 Å². The number of nitrogens with one attached hydrogen (secondary N) is 1. The molecule has 1 amide bonds. The number of para-hydroxylation sites is 1. The molecule has 1 heterocycles. The summed E-state index contributed by atoms with van der Waals surface area (Å²) in [5.74, 6) is -2.97. The zero-order valence-corrected chi connectivity index (χ0v) is 28.9. The van der Waals surface area contributed by atoms with Crippen molar-refractivity contribution in [1.29, 1.82) is 0 Å². The number of anilines is 1. The number of methoxy groups -OCH3 is 4. The first-order chi connectivity index (χ1) is 23.4. The highest BCUT2D eigenvalue weighted by molar-refractivity contribution is 6.01. The Balaban J connectivity index is 1.29. The molecule has 7 bridgehead atoms. The van der Waals surface area contributed by atoms with Crippen LogP contribution < -0.4 is 5.32 Å². The number of hydrogen-bond acceptors (Lipinski definition) is 11. The van der Waals surface area contributed by atoms with E-state index in [4.69, 9.17) is 28.8 Å². The summed E-state index contributed by atoms with van der Waals surface area (Å²) < 4.78 is 31.2. The molecule has 13 atom stereocenters. The SMILES string of the molecule is CCN1C[C@]2(COC(=O)c3ccccc3NC(=O)CCC(=O)O)CC[C@H](OC)C34C1C(O)([C@@H](OC)[C@@H]32)[C@@]1(O)C[C@H](OC)C2C[C@H]4[C@@H]1[C@H]2OC. The van der Waals surface area contributed by atoms with Crippen LogP contribution in [0, 0.1) is 34.5 Å². The minimum absolute atomic E-state index is 0.0305. The van der Waals surface area contributed by atoms with E-state index >= 15 is 0 Å². The molecule has 5 aliphatic carbocycles. The van der Waals surface area contributed by atoms with Gasteiger partial charge in [0.25, 0.3) is 0 Å². The van der Waals surface area contributed by atoms with Crippen molar-refractivity contribution in [3.8, 4) is 0 Å². The van der Waals surface area contributed by atoms with Gasteiger partial charge in [0.1, 0.15) is 11.2 Å². The molecular formula is C36H50N2O11. The van der Waals surface area contributed by atoms with Crippen LogP contribution in [0.25, 0.3) is 0 Å². The highest BCUT2D eigenvalue weighted by Crippen LogP contribution is 2.80. The van der Waals surface area contributed by atoms with Crippen LogP contribution in [0.4, 0.5) is 5.69 Å². The zero-order chi connectivity index (χ0) is 35.1. The molecule has 4 unspecified atom stereocenters. The molecule has 1 aromatic rings. The summed E-state index contributed by atoms with van der Waals surface area (Å²) >= 11 is 0. The van der Waals surface area contributed by atoms with Crippen LogP contribution in [0.5, 0.6) is 0 Å². The van der Waals surface area contributed by atoms with Crippen molar-refractivity contribution in [2.45, 2.75) is 87.1 Å². The fourth-order valence-electron chi connectivity index (χ4n) is 12.5. The molecular weight excluding hydrogens is 636 g/mol. The maximum atomic E-state index is 13.9. The maximum Gasteiger partial charge on any atom is 0.340 e. The lowest BCUT2D eigenvalue weighted by atomic mass is 9.42. The van der Waals surface area contributed by atoms with Gasteiger partial charge in [-0.15, -0.1) is 0 Å². The van der Waals surface area contributed by atoms with Crippen molar-refractivity contribution < 1.29 is 53.4 Å². The van der Waals surface area contributed by atoms with Crippen LogP contribution in [-0.4, -0.2) is 128 Å². The Morgan fingerprint density at radius 3 is 2.43 bits per heavy atom. The van der Waals surface area contributed by atoms with Crippen LogP contribution in [0.2, 0.25) is 0 Å². The van der Waals surface area contributed by atoms with E-state index in [1.807, 2.05) is 0 Å². The molecule has 7 rings (SSSR count). The number of hydrogen-bond donors (Lipinski definition) is 4. The maximum absolute atomic E-state index is 13.9. The van der Waals surface area contributed by atoms with Gasteiger partial charge in [-0.1, -0.05) is 19.1 Å². The zero-order valence-electron chi connectivity index (χ0n) is 28.9. The first kappa shape index (κ1) is 34.8. The topological polar surface area (TPSA) is 173 Å². The van der Waals surface area contributed by atoms with Crippen LogP contribution in [0.1, 0.15) is 55.8 Å². The molecule has 270 valence electrons. The van der Waals surface area contributed by atoms with Crippen molar-refractivity contribution >= 4 is 23.5 Å². The number of nitrogens with zero attached hydrogens (tertiary/aromatic N) is 1. The first-order valence-corrected chi connectivity index (χ1v) is 17.5. The molecule has 13 nitrogen and oxygen atoms in total. The number of carbonyl (C=O) groups is 3. The predicted molar refractivity (Wildman–Crippen MR) is 174 cm³/mol. The number of aliphatic carboxylic acids is 1. The Labute approximate surface area is 286 Å². The first-order valence-electron chi connectivity index (χ1n) is 17.5. The predicted octanol–water partition coefficient (Wildman–Crippen LogP) is 1.94. The minimum atomic E-state index is -1.70. The fourth-order valence-corrected chi connectivity index (χ4v) is 12.5. The summed E-state index contributed by atoms with van der Waals surface area (Å²) in [6.07, 6.45) is 0.0966. The number of fused-ring (bicyclic) bond motifs is 2. The molecule has 0 aromatic heterocycles. The summed E-state index contributed by atoms with van der Waals surface area (Å²) in [5.41, 5.74) is -4.18. The number of aliphatic hydroxyl groups is 2. The van der Waals surface area contributed by atoms with E-state index < -0.39 is 52.0 Å². The van der Waals surface area contributed by atoms with E-state index in [0.29, 0.717) is 25.9 Å². The van der Waals surface area contributed by atoms with Gasteiger partial charge in [-0.2, -0.15) is 0 Å². The molecule has 6 fully saturated rings. The average molecular weight is 687 g/mol. The van der Waals surface area contributed by atoms with Crippen molar-refractivity contribution in [1.82, 2.24) is 4.90 Å². The summed E-state index contributed by atoms with van der Waals surface area (Å²) in [4.78, 5) is 39.6. The van der Waals surface area contributed by atoms with Gasteiger partial charge in [0.05, 0.1) is 54.7 Å². The van der Waals surface area contributed by atoms with Gasteiger partial charge in [-0.3, -0.25) is 14.5 Å². The number of likely N-dealkylation sites (tertiary alicyclic amines) is 1. The van der Waals surface area contributed by atoms with Crippen molar-refractivity contribution in [3.63, 3.8) is 0 Å². The Morgan fingerprint density at radius 2 is 1.78 bits per heavy atom. The lowest BCUT2D eigenvalue weighted by Crippen LogP contribution is -2.82. The van der Waals surface area contributed by atoms with Gasteiger partial charge in [-0.05, 0) is 43.9 Å². The standard InChI is InChI=1S/C36H50N2O11/c1-6-38-17-33(18-49-31(42)19-9-7-8-10-22(19)37-25(39)11-12-26(40)41)14-13-24(46-3)35-21-15-20-23(45-2)16-34(43,27(21)28(20)47-4)36(44,32(35)38)30(48-5)29(33)35/h7-10,20-21,23-24,27-30,32,43-44H,6,11-18H2,1-5H3,(H,37,39)(H,40,41)/t20?,21-,23-,24-,27+,28-,29+,30-,32?,33-,34+,35?,36?/m0/s1. The molecule has 5 saturated carbocycles. The summed E-state index contributed by atoms with van der Waals surface area (Å²) in [5, 5.41) is 38.2. The summed E-state index contributed by atoms with van der Waals surface area (Å²) in [6.45, 7) is 3.20. The van der Waals surface area contributed by atoms with Gasteiger partial charge in [0.15, 0.2) is 0 Å². The number of ether oxygens (including phenoxy) is 5. The van der Waals surface area contributed by atoms with Crippen LogP contribution in [-0.2, 0) is 33.3 Å². The van der Waals surface area contributed by atoms with Crippen LogP contribution in [0.3, 0.4) is 0 Å². The van der Waals surface area contributed by atoms with Crippen molar-refractivity contribution in [2.75, 3.05) is 53.5 Å². The number of carboxylic acid groups (broad SMARTS) is 1. The number of likely N-dealkylation sites (N-methyl/N-ethyl adjacent to an activating group) is 1. The van der Waals surface area contributed by atoms with E-state index in [0.717, 1.165) is 6.42 Å².